The Balaban J connectivity index is 1.44. The average molecular weight is 317 g/mol. The highest BCUT2D eigenvalue weighted by atomic mass is 16.6. The van der Waals surface area contributed by atoms with Crippen molar-refractivity contribution in [3.63, 3.8) is 0 Å². The number of ether oxygens (including phenoxy) is 2. The van der Waals surface area contributed by atoms with Gasteiger partial charge in [0, 0.05) is 19.4 Å². The molecule has 1 fully saturated rings. The van der Waals surface area contributed by atoms with Crippen LogP contribution in [0, 0.1) is 0 Å². The Morgan fingerprint density at radius 2 is 2.04 bits per heavy atom. The highest BCUT2D eigenvalue weighted by Crippen LogP contribution is 2.28. The number of carbonyl (C=O) groups excluding carboxylic acids is 2. The Morgan fingerprint density at radius 1 is 1.22 bits per heavy atom. The molecule has 3 rings (SSSR count). The number of amides is 1. The van der Waals surface area contributed by atoms with E-state index in [4.69, 9.17) is 9.47 Å². The predicted molar refractivity (Wildman–Crippen MR) is 85.2 cm³/mol. The second-order valence-corrected chi connectivity index (χ2v) is 6.21. The van der Waals surface area contributed by atoms with Crippen molar-refractivity contribution in [2.24, 2.45) is 0 Å². The highest BCUT2D eigenvalue weighted by molar-refractivity contribution is 5.82. The van der Waals surface area contributed by atoms with Crippen molar-refractivity contribution in [3.05, 3.63) is 29.8 Å². The summed E-state index contributed by atoms with van der Waals surface area (Å²) in [6.07, 6.45) is 5.26. The molecule has 0 spiro atoms. The first kappa shape index (κ1) is 15.8. The van der Waals surface area contributed by atoms with Gasteiger partial charge in [-0.15, -0.1) is 0 Å². The number of rotatable bonds is 4. The van der Waals surface area contributed by atoms with Gasteiger partial charge in [-0.2, -0.15) is 0 Å². The molecule has 23 heavy (non-hydrogen) atoms. The number of esters is 1. The third-order valence-corrected chi connectivity index (χ3v) is 4.39. The predicted octanol–water partition coefficient (Wildman–Crippen LogP) is 2.33. The number of nitrogens with zero attached hydrogens (tertiary/aromatic N) is 1. The van der Waals surface area contributed by atoms with Crippen molar-refractivity contribution in [2.75, 3.05) is 19.7 Å². The first-order chi connectivity index (χ1) is 11.2. The van der Waals surface area contributed by atoms with Crippen molar-refractivity contribution in [1.82, 2.24) is 4.90 Å². The Bertz CT molecular complexity index is 547. The van der Waals surface area contributed by atoms with Crippen LogP contribution in [-0.2, 0) is 20.7 Å². The molecule has 0 unspecified atom stereocenters. The summed E-state index contributed by atoms with van der Waals surface area (Å²) in [6, 6.07) is 7.86. The largest absolute Gasteiger partial charge is 0.486 e. The lowest BCUT2D eigenvalue weighted by molar-refractivity contribution is -0.151. The lowest BCUT2D eigenvalue weighted by Crippen LogP contribution is -2.38. The van der Waals surface area contributed by atoms with E-state index < -0.39 is 0 Å². The van der Waals surface area contributed by atoms with E-state index in [2.05, 4.69) is 0 Å². The van der Waals surface area contributed by atoms with E-state index in [9.17, 15) is 9.59 Å². The van der Waals surface area contributed by atoms with Crippen LogP contribution < -0.4 is 4.74 Å². The normalized spacial score (nSPS) is 21.1. The van der Waals surface area contributed by atoms with Crippen LogP contribution in [0.3, 0.4) is 0 Å². The molecule has 0 bridgehead atoms. The van der Waals surface area contributed by atoms with Gasteiger partial charge >= 0.3 is 5.97 Å². The third kappa shape index (κ3) is 4.24. The van der Waals surface area contributed by atoms with Gasteiger partial charge in [0.15, 0.2) is 0 Å². The second-order valence-electron chi connectivity index (χ2n) is 6.21. The molecule has 5 heteroatoms. The zero-order chi connectivity index (χ0) is 16.1. The molecule has 2 aliphatic heterocycles. The number of carbonyl (C=O) groups is 2. The van der Waals surface area contributed by atoms with E-state index in [1.807, 2.05) is 24.3 Å². The van der Waals surface area contributed by atoms with E-state index in [1.54, 1.807) is 4.90 Å². The van der Waals surface area contributed by atoms with Crippen LogP contribution in [0.5, 0.6) is 5.75 Å². The van der Waals surface area contributed by atoms with Gasteiger partial charge in [-0.1, -0.05) is 31.0 Å². The van der Waals surface area contributed by atoms with Crippen molar-refractivity contribution in [3.8, 4) is 5.75 Å². The standard InChI is InChI=1S/C18H23NO4/c20-17-9-3-1-2-6-10-19(17)12-18(21)22-13-15-11-14-7-4-5-8-16(14)23-15/h4-5,7-8,15H,1-3,6,9-13H2/t15-/m0/s1. The lowest BCUT2D eigenvalue weighted by atomic mass is 10.1. The number of hydrogen-bond donors (Lipinski definition) is 0. The number of para-hydroxylation sites is 1. The molecule has 124 valence electrons. The summed E-state index contributed by atoms with van der Waals surface area (Å²) in [5.41, 5.74) is 1.15. The van der Waals surface area contributed by atoms with Gasteiger partial charge in [-0.05, 0) is 24.5 Å². The zero-order valence-electron chi connectivity index (χ0n) is 13.3. The molecule has 1 atom stereocenters. The summed E-state index contributed by atoms with van der Waals surface area (Å²) in [6.45, 7) is 0.938. The van der Waals surface area contributed by atoms with Crippen LogP contribution in [0.25, 0.3) is 0 Å². The van der Waals surface area contributed by atoms with Gasteiger partial charge in [-0.25, -0.2) is 0 Å². The van der Waals surface area contributed by atoms with Gasteiger partial charge < -0.3 is 14.4 Å². The van der Waals surface area contributed by atoms with Crippen LogP contribution >= 0.6 is 0 Å². The summed E-state index contributed by atoms with van der Waals surface area (Å²) in [7, 11) is 0. The van der Waals surface area contributed by atoms with Gasteiger partial charge in [0.2, 0.25) is 5.91 Å². The van der Waals surface area contributed by atoms with Crippen LogP contribution in [0.4, 0.5) is 0 Å². The van der Waals surface area contributed by atoms with E-state index in [1.165, 1.54) is 0 Å². The maximum Gasteiger partial charge on any atom is 0.325 e. The molecule has 0 radical (unpaired) electrons. The maximum atomic E-state index is 12.0. The lowest BCUT2D eigenvalue weighted by Gasteiger charge is -2.24. The van der Waals surface area contributed by atoms with Crippen LogP contribution in [-0.4, -0.2) is 42.6 Å². The zero-order valence-corrected chi connectivity index (χ0v) is 13.3. The topological polar surface area (TPSA) is 55.8 Å². The van der Waals surface area contributed by atoms with Gasteiger partial charge in [0.1, 0.15) is 25.0 Å². The van der Waals surface area contributed by atoms with Crippen LogP contribution in [0.2, 0.25) is 0 Å². The SMILES string of the molecule is O=C(CN1CCCCCCC1=O)OC[C@@H]1Cc2ccccc2O1. The smallest absolute Gasteiger partial charge is 0.325 e. The molecule has 2 heterocycles. The number of benzene rings is 1. The Hall–Kier alpha value is -2.04. The van der Waals surface area contributed by atoms with Crippen molar-refractivity contribution in [2.45, 2.75) is 44.6 Å². The minimum Gasteiger partial charge on any atom is -0.486 e. The molecular formula is C18H23NO4. The molecule has 0 N–H and O–H groups in total. The monoisotopic (exact) mass is 317 g/mol. The van der Waals surface area contributed by atoms with Crippen molar-refractivity contribution < 1.29 is 19.1 Å². The fraction of sp³-hybridized carbons (Fsp3) is 0.556. The first-order valence-corrected chi connectivity index (χ1v) is 8.40. The molecule has 1 amide bonds. The van der Waals surface area contributed by atoms with Crippen LogP contribution in [0.1, 0.15) is 37.7 Å². The van der Waals surface area contributed by atoms with Crippen molar-refractivity contribution >= 4 is 11.9 Å². The molecule has 0 saturated carbocycles. The summed E-state index contributed by atoms with van der Waals surface area (Å²) < 4.78 is 11.1. The summed E-state index contributed by atoms with van der Waals surface area (Å²) in [4.78, 5) is 25.6. The quantitative estimate of drug-likeness (QED) is 0.800. The molecule has 1 saturated heterocycles. The van der Waals surface area contributed by atoms with E-state index >= 15 is 0 Å². The molecular weight excluding hydrogens is 294 g/mol. The van der Waals surface area contributed by atoms with Gasteiger partial charge in [0.05, 0.1) is 0 Å². The fourth-order valence-electron chi connectivity index (χ4n) is 3.12. The second kappa shape index (κ2) is 7.49. The summed E-state index contributed by atoms with van der Waals surface area (Å²) in [5.74, 6) is 0.581. The summed E-state index contributed by atoms with van der Waals surface area (Å²) >= 11 is 0. The van der Waals surface area contributed by atoms with E-state index in [0.717, 1.165) is 43.4 Å². The van der Waals surface area contributed by atoms with Crippen LogP contribution in [0.15, 0.2) is 24.3 Å². The molecule has 1 aromatic carbocycles. The summed E-state index contributed by atoms with van der Waals surface area (Å²) in [5, 5.41) is 0. The molecule has 5 nitrogen and oxygen atoms in total. The average Bonchev–Trinajstić information content (AvgIpc) is 2.95. The van der Waals surface area contributed by atoms with E-state index in [0.29, 0.717) is 13.0 Å². The first-order valence-electron chi connectivity index (χ1n) is 8.40. The minimum absolute atomic E-state index is 0.0541. The fourth-order valence-corrected chi connectivity index (χ4v) is 3.12. The molecule has 1 aromatic rings. The Labute approximate surface area is 136 Å². The Morgan fingerprint density at radius 3 is 2.91 bits per heavy atom. The Kier molecular flexibility index (Phi) is 5.16. The molecule has 0 aromatic heterocycles. The molecule has 2 aliphatic rings. The molecule has 0 aliphatic carbocycles. The highest BCUT2D eigenvalue weighted by Gasteiger charge is 2.25. The third-order valence-electron chi connectivity index (χ3n) is 4.39. The number of hydrogen-bond acceptors (Lipinski definition) is 4. The minimum atomic E-state index is -0.349. The number of fused-ring (bicyclic) bond motifs is 1. The maximum absolute atomic E-state index is 12.0. The number of likely N-dealkylation sites (tertiary alicyclic amines) is 1. The van der Waals surface area contributed by atoms with Gasteiger partial charge in [-0.3, -0.25) is 9.59 Å². The van der Waals surface area contributed by atoms with E-state index in [-0.39, 0.29) is 31.1 Å². The van der Waals surface area contributed by atoms with Gasteiger partial charge in [0.25, 0.3) is 0 Å². The van der Waals surface area contributed by atoms with Crippen molar-refractivity contribution in [1.29, 1.82) is 0 Å².